The van der Waals surface area contributed by atoms with Crippen LogP contribution in [0, 0.1) is 11.7 Å². The predicted octanol–water partition coefficient (Wildman–Crippen LogP) is 2.61. The molecule has 2 rings (SSSR count). The number of likely N-dealkylation sites (tertiary alicyclic amines) is 1. The molecule has 1 saturated heterocycles. The average Bonchev–Trinajstić information content (AvgIpc) is 2.77. The first kappa shape index (κ1) is 14.5. The summed E-state index contributed by atoms with van der Waals surface area (Å²) in [6.07, 6.45) is 1.11. The van der Waals surface area contributed by atoms with E-state index in [-0.39, 0.29) is 10.4 Å². The molecule has 0 saturated carbocycles. The SMILES string of the molecule is CN1CCC(CN(C)C(=O)c2cccc(F)c2Br)C1. The zero-order valence-electron chi connectivity index (χ0n) is 11.2. The number of nitrogens with zero attached hydrogens (tertiary/aromatic N) is 2. The van der Waals surface area contributed by atoms with Crippen LogP contribution in [0.4, 0.5) is 4.39 Å². The molecule has 0 N–H and O–H groups in total. The molecule has 1 atom stereocenters. The number of carbonyl (C=O) groups is 1. The Labute approximate surface area is 121 Å². The van der Waals surface area contributed by atoms with E-state index in [4.69, 9.17) is 0 Å². The maximum absolute atomic E-state index is 13.4. The van der Waals surface area contributed by atoms with Gasteiger partial charge in [0.2, 0.25) is 0 Å². The van der Waals surface area contributed by atoms with Crippen LogP contribution in [0.5, 0.6) is 0 Å². The second-order valence-corrected chi connectivity index (χ2v) is 6.00. The lowest BCUT2D eigenvalue weighted by molar-refractivity contribution is 0.0772. The third kappa shape index (κ3) is 3.34. The molecule has 104 valence electrons. The van der Waals surface area contributed by atoms with Gasteiger partial charge in [0, 0.05) is 20.1 Å². The molecular weight excluding hydrogens is 311 g/mol. The largest absolute Gasteiger partial charge is 0.341 e. The average molecular weight is 329 g/mol. The Balaban J connectivity index is 2.04. The van der Waals surface area contributed by atoms with Crippen LogP contribution < -0.4 is 0 Å². The Kier molecular flexibility index (Phi) is 4.58. The van der Waals surface area contributed by atoms with Gasteiger partial charge in [0.1, 0.15) is 5.82 Å². The van der Waals surface area contributed by atoms with Crippen molar-refractivity contribution in [2.24, 2.45) is 5.92 Å². The lowest BCUT2D eigenvalue weighted by Crippen LogP contribution is -2.33. The molecule has 1 heterocycles. The molecule has 1 fully saturated rings. The number of benzene rings is 1. The van der Waals surface area contributed by atoms with Crippen molar-refractivity contribution in [2.45, 2.75) is 6.42 Å². The van der Waals surface area contributed by atoms with Gasteiger partial charge in [-0.25, -0.2) is 4.39 Å². The second kappa shape index (κ2) is 6.01. The molecule has 1 aromatic carbocycles. The highest BCUT2D eigenvalue weighted by atomic mass is 79.9. The Hall–Kier alpha value is -0.940. The topological polar surface area (TPSA) is 23.6 Å². The van der Waals surface area contributed by atoms with Crippen LogP contribution >= 0.6 is 15.9 Å². The first-order chi connectivity index (χ1) is 8.99. The van der Waals surface area contributed by atoms with E-state index in [0.29, 0.717) is 18.0 Å². The quantitative estimate of drug-likeness (QED) is 0.851. The lowest BCUT2D eigenvalue weighted by Gasteiger charge is -2.21. The van der Waals surface area contributed by atoms with Crippen molar-refractivity contribution in [2.75, 3.05) is 33.7 Å². The van der Waals surface area contributed by atoms with Crippen LogP contribution in [0.3, 0.4) is 0 Å². The number of carbonyl (C=O) groups excluding carboxylic acids is 1. The third-order valence-electron chi connectivity index (χ3n) is 3.55. The summed E-state index contributed by atoms with van der Waals surface area (Å²) in [6.45, 7) is 2.81. The van der Waals surface area contributed by atoms with Crippen molar-refractivity contribution in [3.63, 3.8) is 0 Å². The van der Waals surface area contributed by atoms with Crippen molar-refractivity contribution >= 4 is 21.8 Å². The normalized spacial score (nSPS) is 19.7. The summed E-state index contributed by atoms with van der Waals surface area (Å²) >= 11 is 3.14. The number of hydrogen-bond acceptors (Lipinski definition) is 2. The van der Waals surface area contributed by atoms with E-state index in [1.165, 1.54) is 6.07 Å². The minimum Gasteiger partial charge on any atom is -0.341 e. The minimum atomic E-state index is -0.403. The summed E-state index contributed by atoms with van der Waals surface area (Å²) in [5.74, 6) is -0.0351. The van der Waals surface area contributed by atoms with Gasteiger partial charge in [0.15, 0.2) is 0 Å². The number of rotatable bonds is 3. The molecule has 3 nitrogen and oxygen atoms in total. The fourth-order valence-corrected chi connectivity index (χ4v) is 2.95. The Morgan fingerprint density at radius 2 is 2.32 bits per heavy atom. The molecule has 0 bridgehead atoms. The van der Waals surface area contributed by atoms with Crippen LogP contribution in [0.1, 0.15) is 16.8 Å². The molecule has 0 spiro atoms. The van der Waals surface area contributed by atoms with E-state index in [9.17, 15) is 9.18 Å². The van der Waals surface area contributed by atoms with E-state index in [1.807, 2.05) is 0 Å². The first-order valence-corrected chi connectivity index (χ1v) is 7.16. The predicted molar refractivity (Wildman–Crippen MR) is 76.7 cm³/mol. The van der Waals surface area contributed by atoms with Gasteiger partial charge < -0.3 is 9.80 Å². The van der Waals surface area contributed by atoms with E-state index >= 15 is 0 Å². The highest BCUT2D eigenvalue weighted by molar-refractivity contribution is 9.10. The Morgan fingerprint density at radius 3 is 2.95 bits per heavy atom. The van der Waals surface area contributed by atoms with Crippen LogP contribution in [0.2, 0.25) is 0 Å². The van der Waals surface area contributed by atoms with Gasteiger partial charge >= 0.3 is 0 Å². The fourth-order valence-electron chi connectivity index (χ4n) is 2.52. The van der Waals surface area contributed by atoms with E-state index in [1.54, 1.807) is 24.1 Å². The summed E-state index contributed by atoms with van der Waals surface area (Å²) in [4.78, 5) is 16.3. The van der Waals surface area contributed by atoms with Crippen LogP contribution in [-0.4, -0.2) is 49.4 Å². The molecule has 0 aromatic heterocycles. The monoisotopic (exact) mass is 328 g/mol. The zero-order valence-corrected chi connectivity index (χ0v) is 12.8. The highest BCUT2D eigenvalue weighted by Gasteiger charge is 2.24. The van der Waals surface area contributed by atoms with Gasteiger partial charge in [-0.05, 0) is 54.0 Å². The van der Waals surface area contributed by atoms with Crippen LogP contribution in [0.25, 0.3) is 0 Å². The molecule has 0 radical (unpaired) electrons. The number of amides is 1. The molecule has 1 aromatic rings. The van der Waals surface area contributed by atoms with Crippen molar-refractivity contribution in [1.29, 1.82) is 0 Å². The standard InChI is InChI=1S/C14H18BrFN2O/c1-17-7-6-10(8-17)9-18(2)14(19)11-4-3-5-12(16)13(11)15/h3-5,10H,6-9H2,1-2H3. The molecular formula is C14H18BrFN2O. The smallest absolute Gasteiger partial charge is 0.254 e. The summed E-state index contributed by atoms with van der Waals surface area (Å²) in [6, 6.07) is 4.55. The van der Waals surface area contributed by atoms with E-state index in [2.05, 4.69) is 27.9 Å². The summed E-state index contributed by atoms with van der Waals surface area (Å²) in [5.41, 5.74) is 0.383. The number of halogens is 2. The summed E-state index contributed by atoms with van der Waals surface area (Å²) in [5, 5.41) is 0. The second-order valence-electron chi connectivity index (χ2n) is 5.20. The molecule has 1 amide bonds. The molecule has 1 aliphatic heterocycles. The van der Waals surface area contributed by atoms with Crippen molar-refractivity contribution in [3.8, 4) is 0 Å². The van der Waals surface area contributed by atoms with Gasteiger partial charge in [0.05, 0.1) is 10.0 Å². The summed E-state index contributed by atoms with van der Waals surface area (Å²) < 4.78 is 13.7. The Morgan fingerprint density at radius 1 is 1.58 bits per heavy atom. The van der Waals surface area contributed by atoms with Gasteiger partial charge in [0.25, 0.3) is 5.91 Å². The van der Waals surface area contributed by atoms with Gasteiger partial charge in [-0.2, -0.15) is 0 Å². The molecule has 0 aliphatic carbocycles. The maximum atomic E-state index is 13.4. The van der Waals surface area contributed by atoms with E-state index < -0.39 is 5.82 Å². The van der Waals surface area contributed by atoms with Gasteiger partial charge in [-0.1, -0.05) is 6.07 Å². The third-order valence-corrected chi connectivity index (χ3v) is 4.36. The van der Waals surface area contributed by atoms with Crippen LogP contribution in [-0.2, 0) is 0 Å². The van der Waals surface area contributed by atoms with Gasteiger partial charge in [-0.3, -0.25) is 4.79 Å². The molecule has 5 heteroatoms. The van der Waals surface area contributed by atoms with E-state index in [0.717, 1.165) is 19.5 Å². The van der Waals surface area contributed by atoms with Crippen molar-refractivity contribution in [3.05, 3.63) is 34.1 Å². The first-order valence-electron chi connectivity index (χ1n) is 6.37. The minimum absolute atomic E-state index is 0.138. The summed E-state index contributed by atoms with van der Waals surface area (Å²) in [7, 11) is 3.86. The van der Waals surface area contributed by atoms with Gasteiger partial charge in [-0.15, -0.1) is 0 Å². The lowest BCUT2D eigenvalue weighted by atomic mass is 10.1. The maximum Gasteiger partial charge on any atom is 0.254 e. The highest BCUT2D eigenvalue weighted by Crippen LogP contribution is 2.22. The van der Waals surface area contributed by atoms with Crippen LogP contribution in [0.15, 0.2) is 22.7 Å². The molecule has 1 aliphatic rings. The fraction of sp³-hybridized carbons (Fsp3) is 0.500. The molecule has 19 heavy (non-hydrogen) atoms. The Bertz CT molecular complexity index is 481. The zero-order chi connectivity index (χ0) is 14.0. The van der Waals surface area contributed by atoms with Crippen molar-refractivity contribution in [1.82, 2.24) is 9.80 Å². The molecule has 1 unspecified atom stereocenters. The number of hydrogen-bond donors (Lipinski definition) is 0. The van der Waals surface area contributed by atoms with Crippen molar-refractivity contribution < 1.29 is 9.18 Å².